The number of hydrogen-bond donors (Lipinski definition) is 0. The molecular weight excluding hydrogens is 528 g/mol. The summed E-state index contributed by atoms with van der Waals surface area (Å²) >= 11 is 0. The van der Waals surface area contributed by atoms with Gasteiger partial charge in [-0.05, 0) is 123 Å². The maximum atomic E-state index is 2.48. The maximum Gasteiger partial charge on any atom is -0.00199 e. The van der Waals surface area contributed by atoms with Crippen molar-refractivity contribution in [1.82, 2.24) is 0 Å². The van der Waals surface area contributed by atoms with E-state index in [1.54, 1.807) is 0 Å². The van der Waals surface area contributed by atoms with Crippen molar-refractivity contribution in [3.63, 3.8) is 0 Å². The molecule has 0 N–H and O–H groups in total. The minimum atomic E-state index is 0.0335. The van der Waals surface area contributed by atoms with Crippen LogP contribution in [-0.2, 0) is 21.7 Å². The lowest BCUT2D eigenvalue weighted by molar-refractivity contribution is 0.590. The minimum absolute atomic E-state index is 0.0335. The maximum absolute atomic E-state index is 2.48. The molecule has 0 aromatic heterocycles. The van der Waals surface area contributed by atoms with Crippen molar-refractivity contribution in [2.75, 3.05) is 0 Å². The third-order valence-corrected chi connectivity index (χ3v) is 9.62. The van der Waals surface area contributed by atoms with Gasteiger partial charge in [0.15, 0.2) is 0 Å². The van der Waals surface area contributed by atoms with E-state index in [1.165, 1.54) is 76.8 Å². The van der Waals surface area contributed by atoms with E-state index >= 15 is 0 Å². The van der Waals surface area contributed by atoms with Crippen molar-refractivity contribution in [2.24, 2.45) is 0 Å². The summed E-state index contributed by atoms with van der Waals surface area (Å²) in [4.78, 5) is 0. The van der Waals surface area contributed by atoms with Gasteiger partial charge in [-0.1, -0.05) is 144 Å². The van der Waals surface area contributed by atoms with Gasteiger partial charge in [0.25, 0.3) is 0 Å². The first-order chi connectivity index (χ1) is 20.3. The highest BCUT2D eigenvalue weighted by Gasteiger charge is 2.24. The van der Waals surface area contributed by atoms with Gasteiger partial charge in [-0.25, -0.2) is 0 Å². The number of benzene rings is 6. The zero-order chi connectivity index (χ0) is 32.0. The minimum Gasteiger partial charge on any atom is -0.0579 e. The Morgan fingerprint density at radius 2 is 0.614 bits per heavy atom. The molecule has 0 radical (unpaired) electrons. The lowest BCUT2D eigenvalue weighted by Crippen LogP contribution is -2.12. The normalized spacial score (nSPS) is 13.5. The van der Waals surface area contributed by atoms with Gasteiger partial charge in [-0.2, -0.15) is 0 Å². The van der Waals surface area contributed by atoms with Crippen molar-refractivity contribution in [1.29, 1.82) is 0 Å². The summed E-state index contributed by atoms with van der Waals surface area (Å²) in [6.45, 7) is 27.7. The summed E-state index contributed by atoms with van der Waals surface area (Å²) in [7, 11) is 0. The number of hydrogen-bond acceptors (Lipinski definition) is 0. The first kappa shape index (κ1) is 30.4. The molecular formula is C44H50. The molecule has 0 heterocycles. The Kier molecular flexibility index (Phi) is 6.86. The van der Waals surface area contributed by atoms with E-state index in [0.29, 0.717) is 0 Å². The van der Waals surface area contributed by atoms with Crippen LogP contribution in [0.15, 0.2) is 84.9 Å². The second-order valence-corrected chi connectivity index (χ2v) is 17.2. The molecule has 6 rings (SSSR count). The summed E-state index contributed by atoms with van der Waals surface area (Å²) in [5.74, 6) is 0. The topological polar surface area (TPSA) is 0 Å². The van der Waals surface area contributed by atoms with Crippen molar-refractivity contribution in [2.45, 2.75) is 105 Å². The van der Waals surface area contributed by atoms with Crippen LogP contribution in [0.3, 0.4) is 0 Å². The third kappa shape index (κ3) is 5.32. The number of rotatable bonds is 2. The predicted octanol–water partition coefficient (Wildman–Crippen LogP) is 13.1. The van der Waals surface area contributed by atoms with Gasteiger partial charge in [-0.3, -0.25) is 0 Å². The van der Waals surface area contributed by atoms with E-state index in [0.717, 1.165) is 0 Å². The quantitative estimate of drug-likeness (QED) is 0.179. The highest BCUT2D eigenvalue weighted by atomic mass is 14.3. The van der Waals surface area contributed by atoms with Gasteiger partial charge in [0.2, 0.25) is 0 Å². The molecule has 0 fully saturated rings. The van der Waals surface area contributed by atoms with Gasteiger partial charge in [-0.15, -0.1) is 0 Å². The molecule has 0 nitrogen and oxygen atoms in total. The van der Waals surface area contributed by atoms with Crippen molar-refractivity contribution in [3.05, 3.63) is 107 Å². The largest absolute Gasteiger partial charge is 0.0579 e. The van der Waals surface area contributed by atoms with E-state index in [-0.39, 0.29) is 21.7 Å². The zero-order valence-electron chi connectivity index (χ0n) is 29.1. The third-order valence-electron chi connectivity index (χ3n) is 9.62. The van der Waals surface area contributed by atoms with Gasteiger partial charge in [0, 0.05) is 0 Å². The molecule has 0 aliphatic heterocycles. The Morgan fingerprint density at radius 1 is 0.318 bits per heavy atom. The van der Waals surface area contributed by atoms with Crippen molar-refractivity contribution in [3.8, 4) is 22.3 Å². The molecule has 0 heteroatoms. The van der Waals surface area contributed by atoms with Gasteiger partial charge < -0.3 is 0 Å². The molecule has 0 aliphatic carbocycles. The van der Waals surface area contributed by atoms with Gasteiger partial charge >= 0.3 is 0 Å². The molecule has 0 bridgehead atoms. The highest BCUT2D eigenvalue weighted by Crippen LogP contribution is 2.47. The first-order valence-electron chi connectivity index (χ1n) is 16.4. The molecule has 6 aromatic carbocycles. The van der Waals surface area contributed by atoms with Crippen LogP contribution in [0, 0.1) is 0 Å². The van der Waals surface area contributed by atoms with Crippen LogP contribution in [0.4, 0.5) is 0 Å². The second-order valence-electron chi connectivity index (χ2n) is 17.2. The molecule has 0 aliphatic rings. The molecule has 0 saturated carbocycles. The summed E-state index contributed by atoms with van der Waals surface area (Å²) in [5.41, 5.74) is 11.0. The van der Waals surface area contributed by atoms with E-state index < -0.39 is 0 Å². The summed E-state index contributed by atoms with van der Waals surface area (Å²) in [6.07, 6.45) is 0. The summed E-state index contributed by atoms with van der Waals surface area (Å²) in [5, 5.41) is 8.14. The average molecular weight is 579 g/mol. The van der Waals surface area contributed by atoms with Crippen LogP contribution in [0.2, 0.25) is 0 Å². The molecule has 6 aromatic rings. The molecule has 0 atom stereocenters. The molecule has 0 spiro atoms. The standard InChI is InChI=1S/C44H50/c1-41(2,3)31-17-13-27(14-18-31)35-23-29-21-34(44(10,11)12)26-38-36(28-15-19-32(20-16-28)42(4,5)6)24-30-22-33(43(7,8)9)25-37(35)39(30)40(29)38/h13-26H,1-12H3. The fraction of sp³-hybridized carbons (Fsp3) is 0.364. The monoisotopic (exact) mass is 578 g/mol. The Hall–Kier alpha value is -3.64. The van der Waals surface area contributed by atoms with E-state index in [4.69, 9.17) is 0 Å². The van der Waals surface area contributed by atoms with E-state index in [1.807, 2.05) is 0 Å². The summed E-state index contributed by atoms with van der Waals surface area (Å²) < 4.78 is 0. The lowest BCUT2D eigenvalue weighted by atomic mass is 9.78. The zero-order valence-corrected chi connectivity index (χ0v) is 29.1. The molecule has 44 heavy (non-hydrogen) atoms. The van der Waals surface area contributed by atoms with Crippen LogP contribution in [0.1, 0.15) is 105 Å². The Balaban J connectivity index is 1.75. The first-order valence-corrected chi connectivity index (χ1v) is 16.4. The van der Waals surface area contributed by atoms with E-state index in [9.17, 15) is 0 Å². The smallest absolute Gasteiger partial charge is 0.00199 e. The van der Waals surface area contributed by atoms with Crippen molar-refractivity contribution >= 4 is 32.3 Å². The summed E-state index contributed by atoms with van der Waals surface area (Å²) in [6, 6.07) is 33.4. The Labute approximate surface area is 265 Å². The molecule has 0 unspecified atom stereocenters. The van der Waals surface area contributed by atoms with Crippen molar-refractivity contribution < 1.29 is 0 Å². The Morgan fingerprint density at radius 3 is 0.886 bits per heavy atom. The van der Waals surface area contributed by atoms with Crippen LogP contribution in [0.25, 0.3) is 54.6 Å². The van der Waals surface area contributed by atoms with E-state index in [2.05, 4.69) is 168 Å². The predicted molar refractivity (Wildman–Crippen MR) is 196 cm³/mol. The van der Waals surface area contributed by atoms with Gasteiger partial charge in [0.05, 0.1) is 0 Å². The molecule has 0 saturated heterocycles. The molecule has 226 valence electrons. The van der Waals surface area contributed by atoms with Crippen LogP contribution >= 0.6 is 0 Å². The lowest BCUT2D eigenvalue weighted by Gasteiger charge is -2.26. The Bertz CT molecular complexity index is 1840. The fourth-order valence-electron chi connectivity index (χ4n) is 6.65. The van der Waals surface area contributed by atoms with Gasteiger partial charge in [0.1, 0.15) is 0 Å². The van der Waals surface area contributed by atoms with Crippen LogP contribution < -0.4 is 0 Å². The average Bonchev–Trinajstić information content (AvgIpc) is 2.93. The molecule has 0 amide bonds. The van der Waals surface area contributed by atoms with Crippen LogP contribution in [0.5, 0.6) is 0 Å². The highest BCUT2D eigenvalue weighted by molar-refractivity contribution is 6.29. The SMILES string of the molecule is CC(C)(C)c1ccc(-c2cc3cc(C(C)(C)C)cc4c(-c5ccc(C(C)(C)C)cc5)cc5cc(C(C)(C)C)cc2c5c34)cc1. The second kappa shape index (κ2) is 9.93. The van der Waals surface area contributed by atoms with Crippen LogP contribution in [-0.4, -0.2) is 0 Å². The fourth-order valence-corrected chi connectivity index (χ4v) is 6.65.